The molecule has 2 rings (SSSR count). The van der Waals surface area contributed by atoms with Crippen LogP contribution in [-0.4, -0.2) is 24.5 Å². The Bertz CT molecular complexity index is 557. The fourth-order valence-corrected chi connectivity index (χ4v) is 2.50. The summed E-state index contributed by atoms with van der Waals surface area (Å²) in [4.78, 5) is 25.8. The van der Waals surface area contributed by atoms with E-state index in [-0.39, 0.29) is 11.8 Å². The lowest BCUT2D eigenvalue weighted by Gasteiger charge is -2.33. The van der Waals surface area contributed by atoms with E-state index in [4.69, 9.17) is 4.74 Å². The van der Waals surface area contributed by atoms with E-state index in [1.54, 1.807) is 17.9 Å². The number of benzene rings is 1. The molecular formula is C17H24N2O3. The molecule has 2 amide bonds. The molecule has 0 aliphatic carbocycles. The van der Waals surface area contributed by atoms with Gasteiger partial charge in [-0.05, 0) is 31.9 Å². The van der Waals surface area contributed by atoms with E-state index in [1.165, 1.54) is 0 Å². The van der Waals surface area contributed by atoms with Gasteiger partial charge in [0.1, 0.15) is 5.75 Å². The number of hydrogen-bond donors (Lipinski definition) is 1. The van der Waals surface area contributed by atoms with Crippen LogP contribution in [0.2, 0.25) is 0 Å². The Hall–Kier alpha value is -2.04. The third-order valence-corrected chi connectivity index (χ3v) is 3.66. The summed E-state index contributed by atoms with van der Waals surface area (Å²) in [5.74, 6) is 0.634. The number of amides is 2. The first kappa shape index (κ1) is 16.3. The number of carbonyl (C=O) groups excluding carboxylic acids is 2. The summed E-state index contributed by atoms with van der Waals surface area (Å²) >= 11 is 0. The third-order valence-electron chi connectivity index (χ3n) is 3.66. The molecule has 1 aromatic rings. The van der Waals surface area contributed by atoms with Gasteiger partial charge in [-0.3, -0.25) is 9.59 Å². The number of ether oxygens (including phenoxy) is 1. The van der Waals surface area contributed by atoms with Crippen LogP contribution < -0.4 is 15.0 Å². The zero-order valence-corrected chi connectivity index (χ0v) is 13.5. The second kappa shape index (κ2) is 7.29. The highest BCUT2D eigenvalue weighted by atomic mass is 16.5. The number of hydrogen-bond acceptors (Lipinski definition) is 3. The lowest BCUT2D eigenvalue weighted by molar-refractivity contribution is -0.125. The molecule has 0 aromatic heterocycles. The third kappa shape index (κ3) is 3.59. The maximum atomic E-state index is 12.2. The van der Waals surface area contributed by atoms with Crippen molar-refractivity contribution in [3.8, 4) is 5.75 Å². The Morgan fingerprint density at radius 1 is 1.32 bits per heavy atom. The van der Waals surface area contributed by atoms with Gasteiger partial charge in [-0.15, -0.1) is 0 Å². The second-order valence-electron chi connectivity index (χ2n) is 5.58. The van der Waals surface area contributed by atoms with Gasteiger partial charge < -0.3 is 15.0 Å². The molecule has 5 heteroatoms. The number of nitrogens with one attached hydrogen (secondary N) is 1. The van der Waals surface area contributed by atoms with Crippen molar-refractivity contribution in [3.63, 3.8) is 0 Å². The topological polar surface area (TPSA) is 58.6 Å². The standard InChI is InChI=1S/C17H24N2O3/c1-4-6-7-16(20)18-13-8-9-14-15(11-13)22-12(3)17(21)19(14)10-5-2/h8-9,11-12H,4-7,10H2,1-3H3,(H,18,20). The average molecular weight is 304 g/mol. The summed E-state index contributed by atoms with van der Waals surface area (Å²) in [7, 11) is 0. The molecule has 1 aromatic carbocycles. The first-order valence-electron chi connectivity index (χ1n) is 7.98. The minimum Gasteiger partial charge on any atom is -0.479 e. The van der Waals surface area contributed by atoms with E-state index in [2.05, 4.69) is 12.2 Å². The molecule has 0 spiro atoms. The van der Waals surface area contributed by atoms with Crippen LogP contribution in [0.5, 0.6) is 5.75 Å². The molecular weight excluding hydrogens is 280 g/mol. The zero-order valence-electron chi connectivity index (χ0n) is 13.5. The molecule has 1 atom stereocenters. The quantitative estimate of drug-likeness (QED) is 0.877. The predicted molar refractivity (Wildman–Crippen MR) is 87.3 cm³/mol. The van der Waals surface area contributed by atoms with Crippen molar-refractivity contribution < 1.29 is 14.3 Å². The van der Waals surface area contributed by atoms with Gasteiger partial charge in [-0.2, -0.15) is 0 Å². The van der Waals surface area contributed by atoms with Crippen LogP contribution in [0.25, 0.3) is 0 Å². The van der Waals surface area contributed by atoms with Gasteiger partial charge in [0.2, 0.25) is 5.91 Å². The number of unbranched alkanes of at least 4 members (excludes halogenated alkanes) is 1. The van der Waals surface area contributed by atoms with E-state index in [1.807, 2.05) is 19.1 Å². The van der Waals surface area contributed by atoms with Gasteiger partial charge in [0.25, 0.3) is 5.91 Å². The summed E-state index contributed by atoms with van der Waals surface area (Å²) in [6, 6.07) is 5.45. The largest absolute Gasteiger partial charge is 0.479 e. The van der Waals surface area contributed by atoms with E-state index in [9.17, 15) is 9.59 Å². The summed E-state index contributed by atoms with van der Waals surface area (Å²) in [5, 5.41) is 2.88. The monoisotopic (exact) mass is 304 g/mol. The van der Waals surface area contributed by atoms with Crippen molar-refractivity contribution >= 4 is 23.2 Å². The molecule has 0 radical (unpaired) electrons. The first-order chi connectivity index (χ1) is 10.6. The Labute approximate surface area is 131 Å². The molecule has 22 heavy (non-hydrogen) atoms. The summed E-state index contributed by atoms with van der Waals surface area (Å²) in [6.45, 7) is 6.51. The molecule has 5 nitrogen and oxygen atoms in total. The maximum absolute atomic E-state index is 12.2. The van der Waals surface area contributed by atoms with Crippen LogP contribution in [0.1, 0.15) is 46.5 Å². The molecule has 0 saturated carbocycles. The molecule has 1 aliphatic rings. The molecule has 120 valence electrons. The van der Waals surface area contributed by atoms with Crippen molar-refractivity contribution in [2.24, 2.45) is 0 Å². The van der Waals surface area contributed by atoms with Gasteiger partial charge in [0.15, 0.2) is 6.10 Å². The number of nitrogens with zero attached hydrogens (tertiary/aromatic N) is 1. The Balaban J connectivity index is 2.18. The van der Waals surface area contributed by atoms with E-state index < -0.39 is 6.10 Å². The fraction of sp³-hybridized carbons (Fsp3) is 0.529. The Morgan fingerprint density at radius 2 is 2.09 bits per heavy atom. The summed E-state index contributed by atoms with van der Waals surface area (Å²) < 4.78 is 5.68. The highest BCUT2D eigenvalue weighted by Gasteiger charge is 2.31. The number of fused-ring (bicyclic) bond motifs is 1. The number of anilines is 2. The van der Waals surface area contributed by atoms with Gasteiger partial charge in [0, 0.05) is 24.7 Å². The summed E-state index contributed by atoms with van der Waals surface area (Å²) in [6.07, 6.45) is 2.78. The fourth-order valence-electron chi connectivity index (χ4n) is 2.50. The lowest BCUT2D eigenvalue weighted by atomic mass is 10.1. The van der Waals surface area contributed by atoms with Crippen LogP contribution >= 0.6 is 0 Å². The Kier molecular flexibility index (Phi) is 5.41. The SMILES string of the molecule is CCCCC(=O)Nc1ccc2c(c1)OC(C)C(=O)N2CCC. The first-order valence-corrected chi connectivity index (χ1v) is 7.98. The van der Waals surface area contributed by atoms with Crippen LogP contribution in [0.15, 0.2) is 18.2 Å². The smallest absolute Gasteiger partial charge is 0.267 e. The zero-order chi connectivity index (χ0) is 16.1. The van der Waals surface area contributed by atoms with Crippen LogP contribution in [-0.2, 0) is 9.59 Å². The molecule has 1 heterocycles. The minimum atomic E-state index is -0.495. The van der Waals surface area contributed by atoms with Crippen LogP contribution in [0.3, 0.4) is 0 Å². The van der Waals surface area contributed by atoms with Crippen molar-refractivity contribution in [2.45, 2.75) is 52.6 Å². The van der Waals surface area contributed by atoms with Gasteiger partial charge in [-0.1, -0.05) is 20.3 Å². The lowest BCUT2D eigenvalue weighted by Crippen LogP contribution is -2.44. The minimum absolute atomic E-state index is 0.00662. The summed E-state index contributed by atoms with van der Waals surface area (Å²) in [5.41, 5.74) is 1.48. The van der Waals surface area contributed by atoms with E-state index in [0.29, 0.717) is 24.4 Å². The average Bonchev–Trinajstić information content (AvgIpc) is 2.49. The highest BCUT2D eigenvalue weighted by Crippen LogP contribution is 2.36. The number of rotatable bonds is 6. The van der Waals surface area contributed by atoms with E-state index >= 15 is 0 Å². The molecule has 0 saturated heterocycles. The maximum Gasteiger partial charge on any atom is 0.267 e. The van der Waals surface area contributed by atoms with Gasteiger partial charge in [0.05, 0.1) is 5.69 Å². The molecule has 1 N–H and O–H groups in total. The normalized spacial score (nSPS) is 17.0. The Morgan fingerprint density at radius 3 is 2.77 bits per heavy atom. The number of carbonyl (C=O) groups is 2. The van der Waals surface area contributed by atoms with Crippen molar-refractivity contribution in [3.05, 3.63) is 18.2 Å². The van der Waals surface area contributed by atoms with Crippen LogP contribution in [0.4, 0.5) is 11.4 Å². The van der Waals surface area contributed by atoms with Gasteiger partial charge >= 0.3 is 0 Å². The second-order valence-corrected chi connectivity index (χ2v) is 5.58. The highest BCUT2D eigenvalue weighted by molar-refractivity contribution is 6.00. The molecule has 1 unspecified atom stereocenters. The molecule has 1 aliphatic heterocycles. The molecule has 0 fully saturated rings. The van der Waals surface area contributed by atoms with Crippen molar-refractivity contribution in [1.29, 1.82) is 0 Å². The van der Waals surface area contributed by atoms with E-state index in [0.717, 1.165) is 24.9 Å². The predicted octanol–water partition coefficient (Wildman–Crippen LogP) is 3.34. The van der Waals surface area contributed by atoms with Gasteiger partial charge in [-0.25, -0.2) is 0 Å². The van der Waals surface area contributed by atoms with Crippen LogP contribution in [0, 0.1) is 0 Å². The molecule has 0 bridgehead atoms. The van der Waals surface area contributed by atoms with Crippen molar-refractivity contribution in [2.75, 3.05) is 16.8 Å². The van der Waals surface area contributed by atoms with Crippen molar-refractivity contribution in [1.82, 2.24) is 0 Å².